The number of hydrogen-bond donors (Lipinski definition) is 2. The number of nitrogens with one attached hydrogen (secondary N) is 2. The number of nitro groups is 1. The van der Waals surface area contributed by atoms with Crippen LogP contribution in [0.2, 0.25) is 0 Å². The Bertz CT molecular complexity index is 1610. The van der Waals surface area contributed by atoms with Gasteiger partial charge in [-0.2, -0.15) is 0 Å². The van der Waals surface area contributed by atoms with E-state index >= 15 is 0 Å². The van der Waals surface area contributed by atoms with Crippen LogP contribution in [-0.2, 0) is 9.59 Å². The number of amides is 2. The number of likely N-dealkylation sites (N-methyl/N-ethyl adjacent to an activating group) is 2. The van der Waals surface area contributed by atoms with Crippen molar-refractivity contribution in [3.8, 4) is 11.5 Å². The molecule has 1 fully saturated rings. The number of anilines is 3. The van der Waals surface area contributed by atoms with Crippen LogP contribution in [0.1, 0.15) is 11.1 Å². The van der Waals surface area contributed by atoms with Gasteiger partial charge in [-0.05, 0) is 55.6 Å². The highest BCUT2D eigenvalue weighted by Crippen LogP contribution is 2.41. The lowest BCUT2D eigenvalue weighted by atomic mass is 9.99. The minimum Gasteiger partial charge on any atom is -0.486 e. The SMILES string of the molecule is CN1CCN(CC(=O)N(C)c2ccc(NC(=C3C(=O)Nc4cc([N+](=O)[O-])ccc43)c3ccc4c(c3)OCCO4)cc2)CC1. The number of nitro benzene ring substituents is 1. The molecule has 222 valence electrons. The first-order valence-corrected chi connectivity index (χ1v) is 14.1. The van der Waals surface area contributed by atoms with Crippen molar-refractivity contribution in [1.29, 1.82) is 0 Å². The zero-order chi connectivity index (χ0) is 30.1. The third kappa shape index (κ3) is 5.87. The van der Waals surface area contributed by atoms with E-state index in [0.29, 0.717) is 65.0 Å². The molecule has 0 spiro atoms. The lowest BCUT2D eigenvalue weighted by molar-refractivity contribution is -0.384. The molecule has 3 aromatic carbocycles. The average Bonchev–Trinajstić information content (AvgIpc) is 3.35. The summed E-state index contributed by atoms with van der Waals surface area (Å²) < 4.78 is 11.5. The molecule has 2 amide bonds. The fourth-order valence-corrected chi connectivity index (χ4v) is 5.36. The van der Waals surface area contributed by atoms with Crippen LogP contribution in [0.3, 0.4) is 0 Å². The Morgan fingerprint density at radius 3 is 2.44 bits per heavy atom. The number of ether oxygens (including phenoxy) is 2. The first-order valence-electron chi connectivity index (χ1n) is 14.1. The van der Waals surface area contributed by atoms with Crippen molar-refractivity contribution in [3.63, 3.8) is 0 Å². The fourth-order valence-electron chi connectivity index (χ4n) is 5.36. The molecule has 0 unspecified atom stereocenters. The largest absolute Gasteiger partial charge is 0.486 e. The topological polar surface area (TPSA) is 130 Å². The summed E-state index contributed by atoms with van der Waals surface area (Å²) >= 11 is 0. The van der Waals surface area contributed by atoms with Gasteiger partial charge in [-0.1, -0.05) is 0 Å². The number of hydrogen-bond acceptors (Lipinski definition) is 9. The maximum Gasteiger partial charge on any atom is 0.271 e. The summed E-state index contributed by atoms with van der Waals surface area (Å²) in [5, 5.41) is 17.5. The van der Waals surface area contributed by atoms with Crippen molar-refractivity contribution in [2.45, 2.75) is 0 Å². The van der Waals surface area contributed by atoms with Gasteiger partial charge in [0, 0.05) is 67.9 Å². The number of carbonyl (C=O) groups excluding carboxylic acids is 2. The molecule has 12 nitrogen and oxygen atoms in total. The Kier molecular flexibility index (Phi) is 7.70. The molecule has 3 aliphatic heterocycles. The van der Waals surface area contributed by atoms with E-state index in [1.807, 2.05) is 30.3 Å². The van der Waals surface area contributed by atoms with Gasteiger partial charge < -0.3 is 29.9 Å². The number of nitrogens with zero attached hydrogens (tertiary/aromatic N) is 4. The maximum absolute atomic E-state index is 13.3. The molecular formula is C31H32N6O6. The minimum absolute atomic E-state index is 0.0117. The molecule has 0 aliphatic carbocycles. The normalized spacial score (nSPS) is 17.6. The van der Waals surface area contributed by atoms with Gasteiger partial charge in [0.1, 0.15) is 13.2 Å². The van der Waals surface area contributed by atoms with Gasteiger partial charge in [0.15, 0.2) is 11.5 Å². The maximum atomic E-state index is 13.3. The van der Waals surface area contributed by atoms with Crippen molar-refractivity contribution in [2.24, 2.45) is 0 Å². The Morgan fingerprint density at radius 2 is 1.72 bits per heavy atom. The number of non-ortho nitro benzene ring substituents is 1. The average molecular weight is 585 g/mol. The Hall–Kier alpha value is -4.94. The van der Waals surface area contributed by atoms with E-state index < -0.39 is 10.8 Å². The molecule has 0 saturated carbocycles. The van der Waals surface area contributed by atoms with Gasteiger partial charge in [0.05, 0.1) is 28.4 Å². The van der Waals surface area contributed by atoms with Gasteiger partial charge in [0.25, 0.3) is 11.6 Å². The van der Waals surface area contributed by atoms with E-state index in [1.54, 1.807) is 30.1 Å². The van der Waals surface area contributed by atoms with E-state index in [0.717, 1.165) is 31.9 Å². The van der Waals surface area contributed by atoms with Gasteiger partial charge in [0.2, 0.25) is 5.91 Å². The van der Waals surface area contributed by atoms with E-state index in [-0.39, 0.29) is 11.6 Å². The molecule has 2 N–H and O–H groups in total. The molecule has 0 atom stereocenters. The number of rotatable bonds is 7. The van der Waals surface area contributed by atoms with E-state index in [1.165, 1.54) is 12.1 Å². The predicted molar refractivity (Wildman–Crippen MR) is 163 cm³/mol. The third-order valence-corrected chi connectivity index (χ3v) is 7.89. The molecule has 12 heteroatoms. The highest BCUT2D eigenvalue weighted by Gasteiger charge is 2.31. The zero-order valence-electron chi connectivity index (χ0n) is 24.0. The number of carbonyl (C=O) groups is 2. The van der Waals surface area contributed by atoms with Crippen molar-refractivity contribution in [2.75, 3.05) is 75.6 Å². The lowest BCUT2D eigenvalue weighted by Gasteiger charge is -2.32. The number of piperazine rings is 1. The van der Waals surface area contributed by atoms with Crippen LogP contribution in [0.25, 0.3) is 11.3 Å². The smallest absolute Gasteiger partial charge is 0.271 e. The predicted octanol–water partition coefficient (Wildman–Crippen LogP) is 3.51. The van der Waals surface area contributed by atoms with Crippen LogP contribution < -0.4 is 25.0 Å². The first kappa shape index (κ1) is 28.2. The quantitative estimate of drug-likeness (QED) is 0.244. The van der Waals surface area contributed by atoms with E-state index in [4.69, 9.17) is 9.47 Å². The summed E-state index contributed by atoms with van der Waals surface area (Å²) in [4.78, 5) is 43.2. The van der Waals surface area contributed by atoms with Gasteiger partial charge in [-0.15, -0.1) is 0 Å². The molecule has 3 heterocycles. The Morgan fingerprint density at radius 1 is 1.00 bits per heavy atom. The van der Waals surface area contributed by atoms with Crippen LogP contribution in [0.15, 0.2) is 60.7 Å². The van der Waals surface area contributed by atoms with Crippen LogP contribution in [0.5, 0.6) is 11.5 Å². The molecule has 43 heavy (non-hydrogen) atoms. The van der Waals surface area contributed by atoms with Gasteiger partial charge in [-0.25, -0.2) is 0 Å². The van der Waals surface area contributed by atoms with E-state index in [9.17, 15) is 19.7 Å². The first-order chi connectivity index (χ1) is 20.8. The molecular weight excluding hydrogens is 552 g/mol. The number of fused-ring (bicyclic) bond motifs is 2. The van der Waals surface area contributed by atoms with Crippen LogP contribution in [0.4, 0.5) is 22.7 Å². The minimum atomic E-state index is -0.497. The van der Waals surface area contributed by atoms with Crippen LogP contribution in [-0.4, -0.2) is 86.6 Å². The van der Waals surface area contributed by atoms with Crippen molar-refractivity contribution in [1.82, 2.24) is 9.80 Å². The summed E-state index contributed by atoms with van der Waals surface area (Å²) in [6, 6.07) is 17.1. The highest BCUT2D eigenvalue weighted by molar-refractivity contribution is 6.37. The van der Waals surface area contributed by atoms with Crippen LogP contribution >= 0.6 is 0 Å². The summed E-state index contributed by atoms with van der Waals surface area (Å²) in [5.74, 6) is 0.790. The summed E-state index contributed by atoms with van der Waals surface area (Å²) in [6.45, 7) is 4.82. The monoisotopic (exact) mass is 584 g/mol. The van der Waals surface area contributed by atoms with Crippen molar-refractivity contribution < 1.29 is 24.0 Å². The molecule has 0 bridgehead atoms. The second-order valence-corrected chi connectivity index (χ2v) is 10.8. The van der Waals surface area contributed by atoms with Gasteiger partial charge in [-0.3, -0.25) is 24.6 Å². The second kappa shape index (κ2) is 11.7. The lowest BCUT2D eigenvalue weighted by Crippen LogP contribution is -2.48. The summed E-state index contributed by atoms with van der Waals surface area (Å²) in [6.07, 6.45) is 0. The van der Waals surface area contributed by atoms with Crippen molar-refractivity contribution in [3.05, 3.63) is 81.9 Å². The highest BCUT2D eigenvalue weighted by atomic mass is 16.6. The number of benzene rings is 3. The summed E-state index contributed by atoms with van der Waals surface area (Å²) in [5.41, 5.74) is 3.72. The Labute approximate surface area is 248 Å². The molecule has 3 aliphatic rings. The molecule has 3 aromatic rings. The van der Waals surface area contributed by atoms with Crippen molar-refractivity contribution >= 4 is 45.8 Å². The molecule has 0 radical (unpaired) electrons. The van der Waals surface area contributed by atoms with Crippen LogP contribution in [0, 0.1) is 10.1 Å². The fraction of sp³-hybridized carbons (Fsp3) is 0.290. The second-order valence-electron chi connectivity index (χ2n) is 10.8. The zero-order valence-corrected chi connectivity index (χ0v) is 24.0. The molecule has 0 aromatic heterocycles. The molecule has 6 rings (SSSR count). The van der Waals surface area contributed by atoms with Gasteiger partial charge >= 0.3 is 0 Å². The molecule has 1 saturated heterocycles. The summed E-state index contributed by atoms with van der Waals surface area (Å²) in [7, 11) is 3.85. The Balaban J connectivity index is 1.30. The third-order valence-electron chi connectivity index (χ3n) is 7.89. The van der Waals surface area contributed by atoms with E-state index in [2.05, 4.69) is 27.5 Å². The standard InChI is InChI=1S/C31H32N6O6/c1-34-11-13-36(14-12-34)19-28(38)35(2)22-6-4-21(5-7-22)32-30(20-3-10-26-27(17-20)43-16-15-42-26)29-24-9-8-23(37(40)41)18-25(24)33-31(29)39/h3-10,17-18,32H,11-16,19H2,1-2H3,(H,33,39).